The summed E-state index contributed by atoms with van der Waals surface area (Å²) in [6.07, 6.45) is 4.75. The van der Waals surface area contributed by atoms with Gasteiger partial charge in [-0.2, -0.15) is 4.98 Å². The smallest absolute Gasteiger partial charge is 0.312 e. The highest BCUT2D eigenvalue weighted by Gasteiger charge is 2.29. The zero-order valence-electron chi connectivity index (χ0n) is 19.8. The lowest BCUT2D eigenvalue weighted by atomic mass is 10.1. The van der Waals surface area contributed by atoms with E-state index in [0.717, 1.165) is 24.2 Å². The molecule has 34 heavy (non-hydrogen) atoms. The summed E-state index contributed by atoms with van der Waals surface area (Å²) in [6, 6.07) is 18.3. The average molecular weight is 456 g/mol. The molecule has 1 aliphatic heterocycles. The Morgan fingerprint density at radius 1 is 1.03 bits per heavy atom. The van der Waals surface area contributed by atoms with Crippen molar-refractivity contribution in [1.29, 1.82) is 0 Å². The second kappa shape index (κ2) is 8.82. The molecule has 2 aromatic carbocycles. The van der Waals surface area contributed by atoms with Gasteiger partial charge in [-0.25, -0.2) is 4.79 Å². The summed E-state index contributed by atoms with van der Waals surface area (Å²) >= 11 is 0. The first-order chi connectivity index (χ1) is 16.5. The Bertz CT molecular complexity index is 1480. The highest BCUT2D eigenvalue weighted by atomic mass is 16.2. The van der Waals surface area contributed by atoms with Crippen LogP contribution in [0.2, 0.25) is 0 Å². The van der Waals surface area contributed by atoms with E-state index in [2.05, 4.69) is 43.0 Å². The number of fused-ring (bicyclic) bond motifs is 3. The van der Waals surface area contributed by atoms with Gasteiger partial charge in [0, 0.05) is 32.4 Å². The zero-order valence-corrected chi connectivity index (χ0v) is 19.8. The van der Waals surface area contributed by atoms with Gasteiger partial charge in [-0.3, -0.25) is 13.9 Å². The summed E-state index contributed by atoms with van der Waals surface area (Å²) in [7, 11) is 1.68. The summed E-state index contributed by atoms with van der Waals surface area (Å²) in [6.45, 7) is 6.00. The quantitative estimate of drug-likeness (QED) is 0.457. The van der Waals surface area contributed by atoms with Gasteiger partial charge in [0.15, 0.2) is 11.2 Å². The van der Waals surface area contributed by atoms with Gasteiger partial charge in [-0.05, 0) is 35.6 Å². The van der Waals surface area contributed by atoms with E-state index in [1.54, 1.807) is 7.05 Å². The third-order valence-corrected chi connectivity index (χ3v) is 6.50. The second-order valence-electron chi connectivity index (χ2n) is 9.00. The SMILES string of the molecule is CCc1ccc(N2CC(C)Cn3c2nc2c3c(=O)n(C/C=C/c3ccccc3)c(=O)n2C)cc1. The molecule has 0 amide bonds. The lowest BCUT2D eigenvalue weighted by molar-refractivity contribution is 0.458. The molecular weight excluding hydrogens is 426 g/mol. The van der Waals surface area contributed by atoms with Gasteiger partial charge in [-0.15, -0.1) is 0 Å². The average Bonchev–Trinajstić information content (AvgIpc) is 3.24. The molecule has 7 heteroatoms. The van der Waals surface area contributed by atoms with E-state index < -0.39 is 0 Å². The maximum atomic E-state index is 13.5. The fourth-order valence-electron chi connectivity index (χ4n) is 4.65. The summed E-state index contributed by atoms with van der Waals surface area (Å²) < 4.78 is 4.76. The van der Waals surface area contributed by atoms with Crippen molar-refractivity contribution in [2.24, 2.45) is 13.0 Å². The number of aryl methyl sites for hydroxylation is 2. The molecule has 3 heterocycles. The van der Waals surface area contributed by atoms with Crippen molar-refractivity contribution in [1.82, 2.24) is 18.7 Å². The molecule has 0 spiro atoms. The first kappa shape index (κ1) is 21.9. The Morgan fingerprint density at radius 3 is 2.47 bits per heavy atom. The molecular formula is C27H29N5O2. The van der Waals surface area contributed by atoms with Crippen molar-refractivity contribution in [3.05, 3.63) is 92.6 Å². The van der Waals surface area contributed by atoms with Crippen LogP contribution in [0.1, 0.15) is 25.0 Å². The van der Waals surface area contributed by atoms with Crippen LogP contribution in [0, 0.1) is 5.92 Å². The Labute approximate surface area is 198 Å². The van der Waals surface area contributed by atoms with Gasteiger partial charge in [0.25, 0.3) is 5.56 Å². The van der Waals surface area contributed by atoms with Crippen molar-refractivity contribution in [2.75, 3.05) is 11.4 Å². The number of hydrogen-bond donors (Lipinski definition) is 0. The van der Waals surface area contributed by atoms with Gasteiger partial charge in [0.2, 0.25) is 5.95 Å². The third-order valence-electron chi connectivity index (χ3n) is 6.50. The predicted octanol–water partition coefficient (Wildman–Crippen LogP) is 3.96. The normalized spacial score (nSPS) is 15.9. The molecule has 0 saturated carbocycles. The monoisotopic (exact) mass is 455 g/mol. The minimum absolute atomic E-state index is 0.203. The van der Waals surface area contributed by atoms with Gasteiger partial charge in [-0.1, -0.05) is 68.5 Å². The molecule has 0 saturated heterocycles. The van der Waals surface area contributed by atoms with E-state index in [1.807, 2.05) is 47.1 Å². The maximum Gasteiger partial charge on any atom is 0.332 e. The van der Waals surface area contributed by atoms with E-state index in [-0.39, 0.29) is 17.8 Å². The number of rotatable bonds is 5. The summed E-state index contributed by atoms with van der Waals surface area (Å²) in [5.74, 6) is 1.03. The minimum atomic E-state index is -0.363. The van der Waals surface area contributed by atoms with Gasteiger partial charge < -0.3 is 9.47 Å². The van der Waals surface area contributed by atoms with Crippen LogP contribution in [0.25, 0.3) is 17.2 Å². The molecule has 4 aromatic rings. The zero-order chi connectivity index (χ0) is 23.8. The molecule has 1 atom stereocenters. The van der Waals surface area contributed by atoms with E-state index in [9.17, 15) is 9.59 Å². The number of hydrogen-bond acceptors (Lipinski definition) is 4. The van der Waals surface area contributed by atoms with Crippen molar-refractivity contribution >= 4 is 28.9 Å². The number of imidazole rings is 1. The van der Waals surface area contributed by atoms with Crippen LogP contribution in [0.4, 0.5) is 11.6 Å². The molecule has 174 valence electrons. The molecule has 0 aliphatic carbocycles. The van der Waals surface area contributed by atoms with E-state index in [0.29, 0.717) is 29.6 Å². The van der Waals surface area contributed by atoms with Crippen molar-refractivity contribution in [3.8, 4) is 0 Å². The van der Waals surface area contributed by atoms with Gasteiger partial charge in [0.05, 0.1) is 0 Å². The number of anilines is 2. The summed E-state index contributed by atoms with van der Waals surface area (Å²) in [5.41, 5.74) is 3.58. The summed E-state index contributed by atoms with van der Waals surface area (Å²) in [5, 5.41) is 0. The van der Waals surface area contributed by atoms with E-state index in [4.69, 9.17) is 4.98 Å². The van der Waals surface area contributed by atoms with Crippen LogP contribution in [0.5, 0.6) is 0 Å². The maximum absolute atomic E-state index is 13.5. The van der Waals surface area contributed by atoms with E-state index >= 15 is 0 Å². The molecule has 1 aliphatic rings. The Morgan fingerprint density at radius 2 is 1.76 bits per heavy atom. The summed E-state index contributed by atoms with van der Waals surface area (Å²) in [4.78, 5) is 33.6. The minimum Gasteiger partial charge on any atom is -0.312 e. The van der Waals surface area contributed by atoms with Crippen molar-refractivity contribution < 1.29 is 0 Å². The third kappa shape index (κ3) is 3.77. The molecule has 2 aromatic heterocycles. The van der Waals surface area contributed by atoms with Crippen LogP contribution in [-0.4, -0.2) is 25.2 Å². The molecule has 1 unspecified atom stereocenters. The topological polar surface area (TPSA) is 65.1 Å². The molecule has 0 N–H and O–H groups in total. The molecule has 0 bridgehead atoms. The Kier molecular flexibility index (Phi) is 5.69. The largest absolute Gasteiger partial charge is 0.332 e. The molecule has 0 fully saturated rings. The standard InChI is InChI=1S/C27H29N5O2/c1-4-20-12-14-22(15-13-20)31-17-19(2)18-32-23-24(28-26(31)32)29(3)27(34)30(25(23)33)16-8-11-21-9-6-5-7-10-21/h5-15,19H,4,16-18H2,1-3H3/b11-8+. The van der Waals surface area contributed by atoms with Crippen LogP contribution in [0.3, 0.4) is 0 Å². The fourth-order valence-corrected chi connectivity index (χ4v) is 4.65. The van der Waals surface area contributed by atoms with Gasteiger partial charge in [0.1, 0.15) is 0 Å². The number of nitrogens with zero attached hydrogens (tertiary/aromatic N) is 5. The lowest BCUT2D eigenvalue weighted by Crippen LogP contribution is -2.40. The highest BCUT2D eigenvalue weighted by molar-refractivity contribution is 5.77. The number of benzene rings is 2. The first-order valence-corrected chi connectivity index (χ1v) is 11.8. The molecule has 0 radical (unpaired) electrons. The van der Waals surface area contributed by atoms with Crippen LogP contribution < -0.4 is 16.1 Å². The van der Waals surface area contributed by atoms with Gasteiger partial charge >= 0.3 is 5.69 Å². The van der Waals surface area contributed by atoms with Crippen molar-refractivity contribution in [2.45, 2.75) is 33.4 Å². The highest BCUT2D eigenvalue weighted by Crippen LogP contribution is 2.32. The van der Waals surface area contributed by atoms with Crippen molar-refractivity contribution in [3.63, 3.8) is 0 Å². The molecule has 7 nitrogen and oxygen atoms in total. The Balaban J connectivity index is 1.61. The molecule has 5 rings (SSSR count). The fraction of sp³-hybridized carbons (Fsp3) is 0.296. The first-order valence-electron chi connectivity index (χ1n) is 11.8. The number of aromatic nitrogens is 4. The number of allylic oxidation sites excluding steroid dienone is 1. The van der Waals surface area contributed by atoms with Crippen LogP contribution in [-0.2, 0) is 26.6 Å². The Hall–Kier alpha value is -3.87. The second-order valence-corrected chi connectivity index (χ2v) is 9.00. The lowest BCUT2D eigenvalue weighted by Gasteiger charge is -2.33. The van der Waals surface area contributed by atoms with Crippen LogP contribution in [0.15, 0.2) is 70.3 Å². The predicted molar refractivity (Wildman–Crippen MR) is 137 cm³/mol. The van der Waals surface area contributed by atoms with Crippen LogP contribution >= 0.6 is 0 Å². The van der Waals surface area contributed by atoms with E-state index in [1.165, 1.54) is 14.7 Å².